The first-order chi connectivity index (χ1) is 13.2. The van der Waals surface area contributed by atoms with E-state index in [1.54, 1.807) is 6.26 Å². The maximum atomic E-state index is 12.6. The third kappa shape index (κ3) is 4.15. The van der Waals surface area contributed by atoms with E-state index in [4.69, 9.17) is 4.42 Å². The molecule has 1 aliphatic rings. The maximum Gasteiger partial charge on any atom is 0.251 e. The summed E-state index contributed by atoms with van der Waals surface area (Å²) in [5.41, 5.74) is 3.40. The van der Waals surface area contributed by atoms with Gasteiger partial charge in [-0.05, 0) is 47.9 Å². The zero-order valence-electron chi connectivity index (χ0n) is 14.9. The number of carbonyl (C=O) groups is 1. The molecule has 1 aliphatic heterocycles. The van der Waals surface area contributed by atoms with Crippen LogP contribution in [0, 0.1) is 0 Å². The Labute approximate surface area is 167 Å². The summed E-state index contributed by atoms with van der Waals surface area (Å²) >= 11 is 3.42. The highest BCUT2D eigenvalue weighted by Gasteiger charge is 2.27. The smallest absolute Gasteiger partial charge is 0.251 e. The summed E-state index contributed by atoms with van der Waals surface area (Å²) in [7, 11) is 0. The first-order valence-corrected chi connectivity index (χ1v) is 9.88. The molecule has 1 amide bonds. The molecular formula is C22H21BrN2O2. The van der Waals surface area contributed by atoms with Crippen molar-refractivity contribution in [1.29, 1.82) is 0 Å². The lowest BCUT2D eigenvalue weighted by Gasteiger charge is -2.34. The van der Waals surface area contributed by atoms with Crippen LogP contribution >= 0.6 is 15.9 Å². The minimum absolute atomic E-state index is 0.00413. The van der Waals surface area contributed by atoms with Crippen LogP contribution in [0.1, 0.15) is 33.3 Å². The van der Waals surface area contributed by atoms with E-state index in [2.05, 4.69) is 50.4 Å². The van der Waals surface area contributed by atoms with Crippen molar-refractivity contribution in [2.75, 3.05) is 13.1 Å². The largest absolute Gasteiger partial charge is 0.468 e. The van der Waals surface area contributed by atoms with Crippen molar-refractivity contribution in [3.8, 4) is 0 Å². The van der Waals surface area contributed by atoms with Crippen molar-refractivity contribution >= 4 is 21.8 Å². The molecule has 1 atom stereocenters. The number of nitrogens with zero attached hydrogens (tertiary/aromatic N) is 1. The normalized spacial score (nSPS) is 15.1. The van der Waals surface area contributed by atoms with Crippen LogP contribution in [-0.2, 0) is 13.0 Å². The van der Waals surface area contributed by atoms with E-state index >= 15 is 0 Å². The number of halogens is 1. The van der Waals surface area contributed by atoms with Gasteiger partial charge in [-0.15, -0.1) is 0 Å². The highest BCUT2D eigenvalue weighted by Crippen LogP contribution is 2.28. The quantitative estimate of drug-likeness (QED) is 0.652. The molecule has 1 N–H and O–H groups in total. The number of benzene rings is 2. The van der Waals surface area contributed by atoms with E-state index in [9.17, 15) is 4.79 Å². The molecule has 5 heteroatoms. The Kier molecular flexibility index (Phi) is 5.41. The molecular weight excluding hydrogens is 404 g/mol. The fourth-order valence-electron chi connectivity index (χ4n) is 3.60. The van der Waals surface area contributed by atoms with E-state index in [1.165, 1.54) is 11.1 Å². The highest BCUT2D eigenvalue weighted by molar-refractivity contribution is 9.10. The molecule has 0 fully saturated rings. The van der Waals surface area contributed by atoms with Gasteiger partial charge in [-0.1, -0.05) is 46.3 Å². The van der Waals surface area contributed by atoms with Crippen molar-refractivity contribution in [1.82, 2.24) is 10.2 Å². The molecule has 0 spiro atoms. The average molecular weight is 425 g/mol. The molecule has 1 aromatic heterocycles. The molecule has 138 valence electrons. The van der Waals surface area contributed by atoms with Crippen LogP contribution in [0.2, 0.25) is 0 Å². The van der Waals surface area contributed by atoms with Crippen molar-refractivity contribution in [2.45, 2.75) is 19.0 Å². The standard InChI is InChI=1S/C22H21BrN2O2/c23-19-8-3-7-17(13-19)22(26)24-14-20(21-9-4-12-27-21)25-11-10-16-5-1-2-6-18(16)15-25/h1-9,12-13,20H,10-11,14-15H2,(H,24,26)/t20-/m0/s1. The third-order valence-corrected chi connectivity index (χ3v) is 5.51. The summed E-state index contributed by atoms with van der Waals surface area (Å²) in [6, 6.07) is 19.9. The molecule has 27 heavy (non-hydrogen) atoms. The number of amides is 1. The minimum Gasteiger partial charge on any atom is -0.468 e. The molecule has 0 saturated carbocycles. The zero-order chi connectivity index (χ0) is 18.6. The van der Waals surface area contributed by atoms with Gasteiger partial charge in [0.05, 0.1) is 12.3 Å². The Morgan fingerprint density at radius 2 is 1.96 bits per heavy atom. The number of nitrogens with one attached hydrogen (secondary N) is 1. The Morgan fingerprint density at radius 1 is 1.11 bits per heavy atom. The van der Waals surface area contributed by atoms with Crippen LogP contribution < -0.4 is 5.32 Å². The number of rotatable bonds is 5. The molecule has 0 unspecified atom stereocenters. The second kappa shape index (κ2) is 8.11. The average Bonchev–Trinajstić information content (AvgIpc) is 3.22. The second-order valence-corrected chi connectivity index (χ2v) is 7.66. The van der Waals surface area contributed by atoms with Crippen LogP contribution in [0.3, 0.4) is 0 Å². The van der Waals surface area contributed by atoms with Gasteiger partial charge in [-0.3, -0.25) is 9.69 Å². The predicted octanol–water partition coefficient (Wildman–Crippen LogP) is 4.57. The molecule has 0 radical (unpaired) electrons. The number of hydrogen-bond donors (Lipinski definition) is 1. The van der Waals surface area contributed by atoms with Crippen LogP contribution in [0.4, 0.5) is 0 Å². The van der Waals surface area contributed by atoms with Gasteiger partial charge in [-0.25, -0.2) is 0 Å². The van der Waals surface area contributed by atoms with Crippen molar-refractivity contribution in [3.05, 3.63) is 93.9 Å². The molecule has 2 aromatic carbocycles. The molecule has 0 aliphatic carbocycles. The number of fused-ring (bicyclic) bond motifs is 1. The van der Waals surface area contributed by atoms with Crippen LogP contribution in [0.5, 0.6) is 0 Å². The Morgan fingerprint density at radius 3 is 2.74 bits per heavy atom. The topological polar surface area (TPSA) is 45.5 Å². The minimum atomic E-state index is -0.0785. The highest BCUT2D eigenvalue weighted by atomic mass is 79.9. The molecule has 0 bridgehead atoms. The van der Waals surface area contributed by atoms with Gasteiger partial charge in [0.2, 0.25) is 0 Å². The molecule has 3 aromatic rings. The monoisotopic (exact) mass is 424 g/mol. The van der Waals surface area contributed by atoms with Crippen molar-refractivity contribution in [2.24, 2.45) is 0 Å². The third-order valence-electron chi connectivity index (χ3n) is 5.02. The SMILES string of the molecule is O=C(NC[C@@H](c1ccco1)N1CCc2ccccc2C1)c1cccc(Br)c1. The summed E-state index contributed by atoms with van der Waals surface area (Å²) in [6.07, 6.45) is 2.70. The van der Waals surface area contributed by atoms with Gasteiger partial charge >= 0.3 is 0 Å². The van der Waals surface area contributed by atoms with E-state index < -0.39 is 0 Å². The van der Waals surface area contributed by atoms with Gasteiger partial charge in [-0.2, -0.15) is 0 Å². The predicted molar refractivity (Wildman–Crippen MR) is 108 cm³/mol. The van der Waals surface area contributed by atoms with Gasteiger partial charge in [0, 0.05) is 29.7 Å². The van der Waals surface area contributed by atoms with Gasteiger partial charge < -0.3 is 9.73 Å². The van der Waals surface area contributed by atoms with Crippen LogP contribution in [0.15, 0.2) is 75.8 Å². The Bertz CT molecular complexity index is 924. The summed E-state index contributed by atoms with van der Waals surface area (Å²) in [6.45, 7) is 2.30. The van der Waals surface area contributed by atoms with E-state index in [1.807, 2.05) is 36.4 Å². The van der Waals surface area contributed by atoms with Gasteiger partial charge in [0.15, 0.2) is 0 Å². The first-order valence-electron chi connectivity index (χ1n) is 9.09. The second-order valence-electron chi connectivity index (χ2n) is 6.74. The Balaban J connectivity index is 1.50. The van der Waals surface area contributed by atoms with Crippen molar-refractivity contribution < 1.29 is 9.21 Å². The molecule has 2 heterocycles. The molecule has 0 saturated heterocycles. The molecule has 4 rings (SSSR count). The van der Waals surface area contributed by atoms with E-state index in [-0.39, 0.29) is 11.9 Å². The summed E-state index contributed by atoms with van der Waals surface area (Å²) in [5, 5.41) is 3.07. The fourth-order valence-corrected chi connectivity index (χ4v) is 3.99. The van der Waals surface area contributed by atoms with E-state index in [0.29, 0.717) is 12.1 Å². The Hall–Kier alpha value is -2.37. The summed E-state index contributed by atoms with van der Waals surface area (Å²) < 4.78 is 6.59. The summed E-state index contributed by atoms with van der Waals surface area (Å²) in [4.78, 5) is 14.9. The maximum absolute atomic E-state index is 12.6. The number of carbonyl (C=O) groups excluding carboxylic acids is 1. The van der Waals surface area contributed by atoms with Gasteiger partial charge in [0.1, 0.15) is 5.76 Å². The lowest BCUT2D eigenvalue weighted by molar-refractivity contribution is 0.0919. The lowest BCUT2D eigenvalue weighted by Crippen LogP contribution is -2.40. The lowest BCUT2D eigenvalue weighted by atomic mass is 9.98. The first kappa shape index (κ1) is 18.0. The fraction of sp³-hybridized carbons (Fsp3) is 0.227. The zero-order valence-corrected chi connectivity index (χ0v) is 16.5. The van der Waals surface area contributed by atoms with Gasteiger partial charge in [0.25, 0.3) is 5.91 Å². The summed E-state index contributed by atoms with van der Waals surface area (Å²) in [5.74, 6) is 0.800. The van der Waals surface area contributed by atoms with Crippen molar-refractivity contribution in [3.63, 3.8) is 0 Å². The number of furan rings is 1. The molecule has 4 nitrogen and oxygen atoms in total. The van der Waals surface area contributed by atoms with E-state index in [0.717, 1.165) is 29.7 Å². The number of hydrogen-bond acceptors (Lipinski definition) is 3. The van der Waals surface area contributed by atoms with Crippen LogP contribution in [-0.4, -0.2) is 23.9 Å². The van der Waals surface area contributed by atoms with Crippen LogP contribution in [0.25, 0.3) is 0 Å².